The number of anilines is 3. The Kier molecular flexibility index (Phi) is 8.49. The zero-order valence-corrected chi connectivity index (χ0v) is 25.9. The predicted molar refractivity (Wildman–Crippen MR) is 168 cm³/mol. The number of hydrogen-bond acceptors (Lipinski definition) is 8. The Hall–Kier alpha value is -3.06. The Labute approximate surface area is 251 Å². The molecule has 3 aromatic heterocycles. The van der Waals surface area contributed by atoms with E-state index < -0.39 is 10.0 Å². The summed E-state index contributed by atoms with van der Waals surface area (Å²) >= 11 is 1.53. The SMILES string of the molecule is CCc1nc2ccc(N3CCN(S(=O)(=O)CCCN4CCCC4)CC3)cn2c1N(C)c1nc(-c2ccc(F)cc2)cs1. The van der Waals surface area contributed by atoms with Gasteiger partial charge in [0.25, 0.3) is 0 Å². The van der Waals surface area contributed by atoms with E-state index >= 15 is 0 Å². The first-order valence-electron chi connectivity index (χ1n) is 14.7. The monoisotopic (exact) mass is 611 g/mol. The van der Waals surface area contributed by atoms with Crippen molar-refractivity contribution in [3.8, 4) is 11.3 Å². The van der Waals surface area contributed by atoms with Gasteiger partial charge in [0.05, 0.1) is 22.8 Å². The number of benzene rings is 1. The minimum absolute atomic E-state index is 0.222. The van der Waals surface area contributed by atoms with Gasteiger partial charge in [-0.1, -0.05) is 6.92 Å². The average molecular weight is 612 g/mol. The summed E-state index contributed by atoms with van der Waals surface area (Å²) in [6, 6.07) is 10.5. The Bertz CT molecular complexity index is 1620. The van der Waals surface area contributed by atoms with Crippen LogP contribution in [0.2, 0.25) is 0 Å². The van der Waals surface area contributed by atoms with Gasteiger partial charge in [0.2, 0.25) is 10.0 Å². The lowest BCUT2D eigenvalue weighted by molar-refractivity contribution is 0.336. The van der Waals surface area contributed by atoms with Crippen LogP contribution in [0.3, 0.4) is 0 Å². The highest BCUT2D eigenvalue weighted by atomic mass is 32.2. The fourth-order valence-electron chi connectivity index (χ4n) is 5.94. The van der Waals surface area contributed by atoms with Gasteiger partial charge < -0.3 is 14.7 Å². The quantitative estimate of drug-likeness (QED) is 0.253. The Morgan fingerprint density at radius 2 is 1.71 bits per heavy atom. The third-order valence-electron chi connectivity index (χ3n) is 8.29. The standard InChI is InChI=1S/C30H38FN7O2S2/c1-3-26-29(34(2)30-33-27(22-41-30)23-7-9-24(31)10-8-23)38-21-25(11-12-28(38)32-26)36-16-18-37(19-17-36)42(39,40)20-6-15-35-13-4-5-14-35/h7-12,21-22H,3-6,13-20H2,1-2H3. The zero-order chi connectivity index (χ0) is 29.3. The number of imidazole rings is 1. The van der Waals surface area contributed by atoms with E-state index in [0.717, 1.165) is 65.3 Å². The number of pyridine rings is 1. The van der Waals surface area contributed by atoms with E-state index in [2.05, 4.69) is 38.3 Å². The maximum absolute atomic E-state index is 13.4. The maximum atomic E-state index is 13.4. The minimum atomic E-state index is -3.25. The van der Waals surface area contributed by atoms with E-state index in [1.54, 1.807) is 16.4 Å². The second-order valence-corrected chi connectivity index (χ2v) is 14.0. The molecule has 0 aliphatic carbocycles. The number of nitrogens with zero attached hydrogens (tertiary/aromatic N) is 7. The third-order valence-corrected chi connectivity index (χ3v) is 11.2. The van der Waals surface area contributed by atoms with Crippen LogP contribution in [0.1, 0.15) is 31.9 Å². The number of thiazole rings is 1. The number of piperazine rings is 1. The molecule has 4 aromatic rings. The molecule has 2 aliphatic rings. The van der Waals surface area contributed by atoms with Gasteiger partial charge >= 0.3 is 0 Å². The molecule has 0 radical (unpaired) electrons. The van der Waals surface area contributed by atoms with Gasteiger partial charge in [-0.3, -0.25) is 4.40 Å². The van der Waals surface area contributed by atoms with Gasteiger partial charge in [-0.15, -0.1) is 11.3 Å². The number of fused-ring (bicyclic) bond motifs is 1. The molecule has 5 heterocycles. The first-order chi connectivity index (χ1) is 20.3. The molecule has 1 aromatic carbocycles. The number of aryl methyl sites for hydroxylation is 1. The van der Waals surface area contributed by atoms with E-state index in [1.165, 1.54) is 36.3 Å². The van der Waals surface area contributed by atoms with Gasteiger partial charge in [-0.2, -0.15) is 4.31 Å². The van der Waals surface area contributed by atoms with Gasteiger partial charge in [-0.05, 0) is 81.7 Å². The summed E-state index contributed by atoms with van der Waals surface area (Å²) in [6.45, 7) is 7.43. The molecule has 224 valence electrons. The van der Waals surface area contributed by atoms with Crippen LogP contribution in [0, 0.1) is 5.82 Å². The zero-order valence-electron chi connectivity index (χ0n) is 24.2. The molecule has 0 unspecified atom stereocenters. The third kappa shape index (κ3) is 6.03. The lowest BCUT2D eigenvalue weighted by Crippen LogP contribution is -2.49. The van der Waals surface area contributed by atoms with E-state index in [9.17, 15) is 12.8 Å². The van der Waals surface area contributed by atoms with Gasteiger partial charge in [-0.25, -0.2) is 22.8 Å². The number of likely N-dealkylation sites (tertiary alicyclic amines) is 1. The van der Waals surface area contributed by atoms with Crippen LogP contribution in [0.25, 0.3) is 16.9 Å². The molecule has 0 atom stereocenters. The molecule has 2 saturated heterocycles. The number of aromatic nitrogens is 3. The molecule has 0 amide bonds. The molecule has 0 saturated carbocycles. The summed E-state index contributed by atoms with van der Waals surface area (Å²) < 4.78 is 43.2. The Balaban J connectivity index is 1.16. The van der Waals surface area contributed by atoms with Crippen LogP contribution in [0.15, 0.2) is 48.0 Å². The number of sulfonamides is 1. The van der Waals surface area contributed by atoms with E-state index in [1.807, 2.05) is 18.5 Å². The lowest BCUT2D eigenvalue weighted by Gasteiger charge is -2.35. The van der Waals surface area contributed by atoms with Crippen molar-refractivity contribution in [1.82, 2.24) is 23.6 Å². The number of halogens is 1. The van der Waals surface area contributed by atoms with Crippen molar-refractivity contribution < 1.29 is 12.8 Å². The molecule has 0 bridgehead atoms. The molecule has 12 heteroatoms. The maximum Gasteiger partial charge on any atom is 0.214 e. The highest BCUT2D eigenvalue weighted by Gasteiger charge is 2.28. The van der Waals surface area contributed by atoms with Crippen LogP contribution in [-0.4, -0.2) is 90.6 Å². The van der Waals surface area contributed by atoms with Crippen LogP contribution in [0.5, 0.6) is 0 Å². The van der Waals surface area contributed by atoms with Crippen molar-refractivity contribution >= 4 is 43.6 Å². The van der Waals surface area contributed by atoms with Crippen molar-refractivity contribution in [1.29, 1.82) is 0 Å². The Morgan fingerprint density at radius 1 is 0.976 bits per heavy atom. The minimum Gasteiger partial charge on any atom is -0.368 e. The molecule has 42 heavy (non-hydrogen) atoms. The fourth-order valence-corrected chi connectivity index (χ4v) is 8.21. The first-order valence-corrected chi connectivity index (χ1v) is 17.2. The van der Waals surface area contributed by atoms with E-state index in [0.29, 0.717) is 32.6 Å². The highest BCUT2D eigenvalue weighted by molar-refractivity contribution is 7.89. The van der Waals surface area contributed by atoms with Crippen LogP contribution in [-0.2, 0) is 16.4 Å². The molecule has 0 N–H and O–H groups in total. The predicted octanol–water partition coefficient (Wildman–Crippen LogP) is 4.86. The van der Waals surface area contributed by atoms with Crippen molar-refractivity contribution in [3.63, 3.8) is 0 Å². The van der Waals surface area contributed by atoms with Gasteiger partial charge in [0, 0.05) is 50.4 Å². The summed E-state index contributed by atoms with van der Waals surface area (Å²) in [5.74, 6) is 0.907. The van der Waals surface area contributed by atoms with Gasteiger partial charge in [0.15, 0.2) is 5.13 Å². The smallest absolute Gasteiger partial charge is 0.214 e. The van der Waals surface area contributed by atoms with Crippen molar-refractivity contribution in [2.24, 2.45) is 0 Å². The lowest BCUT2D eigenvalue weighted by atomic mass is 10.2. The summed E-state index contributed by atoms with van der Waals surface area (Å²) in [4.78, 5) is 16.4. The molecule has 6 rings (SSSR count). The molecule has 9 nitrogen and oxygen atoms in total. The molecular weight excluding hydrogens is 574 g/mol. The summed E-state index contributed by atoms with van der Waals surface area (Å²) in [6.07, 6.45) is 6.00. The molecular formula is C30H38FN7O2S2. The van der Waals surface area contributed by atoms with Crippen LogP contribution < -0.4 is 9.80 Å². The summed E-state index contributed by atoms with van der Waals surface area (Å²) in [7, 11) is -1.25. The van der Waals surface area contributed by atoms with Crippen molar-refractivity contribution in [2.75, 3.05) is 68.4 Å². The van der Waals surface area contributed by atoms with E-state index in [-0.39, 0.29) is 11.6 Å². The summed E-state index contributed by atoms with van der Waals surface area (Å²) in [5, 5.41) is 2.80. The first kappa shape index (κ1) is 29.0. The topological polar surface area (TPSA) is 77.3 Å². The van der Waals surface area contributed by atoms with Crippen LogP contribution in [0.4, 0.5) is 21.0 Å². The highest BCUT2D eigenvalue weighted by Crippen LogP contribution is 2.34. The molecule has 2 fully saturated rings. The largest absolute Gasteiger partial charge is 0.368 e. The second-order valence-electron chi connectivity index (χ2n) is 11.0. The number of rotatable bonds is 10. The van der Waals surface area contributed by atoms with Crippen molar-refractivity contribution in [3.05, 3.63) is 59.5 Å². The van der Waals surface area contributed by atoms with Crippen molar-refractivity contribution in [2.45, 2.75) is 32.6 Å². The average Bonchev–Trinajstić information content (AvgIpc) is 3.77. The second kappa shape index (κ2) is 12.3. The molecule has 2 aliphatic heterocycles. The number of hydrogen-bond donors (Lipinski definition) is 0. The van der Waals surface area contributed by atoms with E-state index in [4.69, 9.17) is 9.97 Å². The summed E-state index contributed by atoms with van der Waals surface area (Å²) in [5.41, 5.74) is 4.54. The fraction of sp³-hybridized carbons (Fsp3) is 0.467. The molecule has 0 spiro atoms. The Morgan fingerprint density at radius 3 is 2.43 bits per heavy atom. The normalized spacial score (nSPS) is 17.0. The van der Waals surface area contributed by atoms with Crippen LogP contribution >= 0.6 is 11.3 Å². The van der Waals surface area contributed by atoms with Gasteiger partial charge in [0.1, 0.15) is 17.3 Å².